The highest BCUT2D eigenvalue weighted by atomic mass is 32.2. The van der Waals surface area contributed by atoms with Gasteiger partial charge in [-0.2, -0.15) is 9.97 Å². The highest BCUT2D eigenvalue weighted by Crippen LogP contribution is 2.29. The molecule has 39 heavy (non-hydrogen) atoms. The summed E-state index contributed by atoms with van der Waals surface area (Å²) in [5, 5.41) is 26.7. The fraction of sp³-hybridized carbons (Fsp3) is 0.440. The maximum absolute atomic E-state index is 12.2. The molecule has 1 aliphatic heterocycles. The summed E-state index contributed by atoms with van der Waals surface area (Å²) in [5.41, 5.74) is 1.39. The molecule has 1 saturated heterocycles. The van der Waals surface area contributed by atoms with Gasteiger partial charge < -0.3 is 25.2 Å². The van der Waals surface area contributed by atoms with Crippen LogP contribution >= 0.6 is 11.3 Å². The zero-order valence-electron chi connectivity index (χ0n) is 21.9. The van der Waals surface area contributed by atoms with Gasteiger partial charge in [-0.1, -0.05) is 23.5 Å². The number of carbonyl (C=O) groups is 1. The Balaban J connectivity index is 1.59. The highest BCUT2D eigenvalue weighted by Gasteiger charge is 2.28. The number of sulfone groups is 1. The van der Waals surface area contributed by atoms with E-state index < -0.39 is 21.9 Å². The Morgan fingerprint density at radius 2 is 1.97 bits per heavy atom. The third-order valence-electron chi connectivity index (χ3n) is 6.27. The summed E-state index contributed by atoms with van der Waals surface area (Å²) >= 11 is 1.14. The first kappa shape index (κ1) is 28.7. The van der Waals surface area contributed by atoms with Gasteiger partial charge in [-0.25, -0.2) is 18.2 Å². The zero-order chi connectivity index (χ0) is 28.2. The summed E-state index contributed by atoms with van der Waals surface area (Å²) in [5.74, 6) is 0.593. The molecule has 3 heterocycles. The number of piperidine rings is 1. The fourth-order valence-electron chi connectivity index (χ4n) is 4.13. The fourth-order valence-corrected chi connectivity index (χ4v) is 5.61. The standard InChI is InChI=1S/C25H32N6O6S2/c1-4-37-23(34)22-15(2)27-25(38-22)30-24-28-20(26-12-16-5-7-18(8-6-16)39(3,35)36)11-21(29-24)31-10-9-19(33)17(13-31)14-32/h5-8,11,17,19,32-33H,4,9-10,12-14H2,1-3H3,(H2,26,27,28,29,30). The molecule has 4 rings (SSSR count). The van der Waals surface area contributed by atoms with Gasteiger partial charge in [0.2, 0.25) is 5.95 Å². The van der Waals surface area contributed by atoms with Crippen LogP contribution in [0.2, 0.25) is 0 Å². The molecular formula is C25H32N6O6S2. The molecule has 2 atom stereocenters. The van der Waals surface area contributed by atoms with E-state index in [1.807, 2.05) is 4.90 Å². The van der Waals surface area contributed by atoms with Gasteiger partial charge in [0.1, 0.15) is 16.5 Å². The van der Waals surface area contributed by atoms with Gasteiger partial charge in [0.25, 0.3) is 0 Å². The molecule has 4 N–H and O–H groups in total. The zero-order valence-corrected chi connectivity index (χ0v) is 23.5. The summed E-state index contributed by atoms with van der Waals surface area (Å²) in [6.45, 7) is 4.92. The highest BCUT2D eigenvalue weighted by molar-refractivity contribution is 7.90. The number of thiazole rings is 1. The van der Waals surface area contributed by atoms with Crippen molar-refractivity contribution in [2.24, 2.45) is 5.92 Å². The number of esters is 1. The quantitative estimate of drug-likeness (QED) is 0.261. The van der Waals surface area contributed by atoms with Gasteiger partial charge >= 0.3 is 5.97 Å². The van der Waals surface area contributed by atoms with Crippen molar-refractivity contribution in [2.75, 3.05) is 48.1 Å². The summed E-state index contributed by atoms with van der Waals surface area (Å²) in [4.78, 5) is 28.5. The molecule has 3 aromatic rings. The lowest BCUT2D eigenvalue weighted by molar-refractivity contribution is 0.0520. The van der Waals surface area contributed by atoms with Gasteiger partial charge in [0.15, 0.2) is 15.0 Å². The number of aliphatic hydroxyl groups excluding tert-OH is 2. The molecular weight excluding hydrogens is 544 g/mol. The number of rotatable bonds is 10. The molecule has 1 fully saturated rings. The van der Waals surface area contributed by atoms with E-state index in [9.17, 15) is 23.4 Å². The van der Waals surface area contributed by atoms with Gasteiger partial charge in [0, 0.05) is 37.9 Å². The van der Waals surface area contributed by atoms with Crippen molar-refractivity contribution in [2.45, 2.75) is 37.8 Å². The van der Waals surface area contributed by atoms with Crippen LogP contribution in [0.4, 0.5) is 22.7 Å². The van der Waals surface area contributed by atoms with E-state index >= 15 is 0 Å². The second-order valence-electron chi connectivity index (χ2n) is 9.23. The van der Waals surface area contributed by atoms with Crippen LogP contribution in [-0.2, 0) is 21.1 Å². The van der Waals surface area contributed by atoms with Crippen LogP contribution in [0.5, 0.6) is 0 Å². The summed E-state index contributed by atoms with van der Waals surface area (Å²) < 4.78 is 28.6. The van der Waals surface area contributed by atoms with Crippen molar-refractivity contribution in [1.82, 2.24) is 15.0 Å². The molecule has 2 aromatic heterocycles. The minimum Gasteiger partial charge on any atom is -0.462 e. The Labute approximate surface area is 231 Å². The van der Waals surface area contributed by atoms with E-state index in [4.69, 9.17) is 4.74 Å². The smallest absolute Gasteiger partial charge is 0.350 e. The van der Waals surface area contributed by atoms with Crippen LogP contribution in [0.25, 0.3) is 0 Å². The molecule has 0 spiro atoms. The van der Waals surface area contributed by atoms with Crippen molar-refractivity contribution in [3.05, 3.63) is 46.5 Å². The topological polar surface area (TPSA) is 167 Å². The van der Waals surface area contributed by atoms with Crippen LogP contribution in [0.1, 0.15) is 34.3 Å². The first-order valence-electron chi connectivity index (χ1n) is 12.4. The van der Waals surface area contributed by atoms with Gasteiger partial charge in [0.05, 0.1) is 29.9 Å². The Morgan fingerprint density at radius 1 is 1.23 bits per heavy atom. The Kier molecular flexibility index (Phi) is 9.00. The lowest BCUT2D eigenvalue weighted by Gasteiger charge is -2.36. The number of hydrogen-bond donors (Lipinski definition) is 4. The Bertz CT molecular complexity index is 1410. The summed E-state index contributed by atoms with van der Waals surface area (Å²) in [7, 11) is -3.29. The monoisotopic (exact) mass is 576 g/mol. The molecule has 0 aliphatic carbocycles. The number of ether oxygens (including phenoxy) is 1. The summed E-state index contributed by atoms with van der Waals surface area (Å²) in [6.07, 6.45) is 1.07. The number of aryl methyl sites for hydroxylation is 1. The van der Waals surface area contributed by atoms with Crippen LogP contribution in [0, 0.1) is 12.8 Å². The SMILES string of the molecule is CCOC(=O)c1sc(Nc2nc(NCc3ccc(S(C)(=O)=O)cc3)cc(N3CCC(O)C(CO)C3)n2)nc1C. The lowest BCUT2D eigenvalue weighted by Crippen LogP contribution is -2.45. The van der Waals surface area contributed by atoms with Crippen molar-refractivity contribution < 1.29 is 28.2 Å². The number of carbonyl (C=O) groups excluding carboxylic acids is 1. The maximum atomic E-state index is 12.2. The Morgan fingerprint density at radius 3 is 2.64 bits per heavy atom. The van der Waals surface area contributed by atoms with Crippen molar-refractivity contribution in [3.8, 4) is 0 Å². The summed E-state index contributed by atoms with van der Waals surface area (Å²) in [6, 6.07) is 8.37. The van der Waals surface area contributed by atoms with E-state index in [1.54, 1.807) is 44.2 Å². The van der Waals surface area contributed by atoms with Crippen molar-refractivity contribution in [1.29, 1.82) is 0 Å². The molecule has 14 heteroatoms. The number of nitrogens with zero attached hydrogens (tertiary/aromatic N) is 4. The molecule has 1 aromatic carbocycles. The average molecular weight is 577 g/mol. The van der Waals surface area contributed by atoms with Crippen LogP contribution in [0.15, 0.2) is 35.2 Å². The Hall–Kier alpha value is -3.33. The van der Waals surface area contributed by atoms with Crippen molar-refractivity contribution >= 4 is 49.9 Å². The van der Waals surface area contributed by atoms with Gasteiger partial charge in [-0.3, -0.25) is 5.32 Å². The van der Waals surface area contributed by atoms with E-state index in [2.05, 4.69) is 25.6 Å². The normalized spacial score (nSPS) is 17.6. The van der Waals surface area contributed by atoms with E-state index in [0.717, 1.165) is 23.2 Å². The molecule has 0 radical (unpaired) electrons. The molecule has 0 bridgehead atoms. The third-order valence-corrected chi connectivity index (χ3v) is 8.45. The van der Waals surface area contributed by atoms with E-state index in [1.165, 1.54) is 0 Å². The molecule has 2 unspecified atom stereocenters. The molecule has 1 aliphatic rings. The predicted octanol–water partition coefficient (Wildman–Crippen LogP) is 2.36. The van der Waals surface area contributed by atoms with Gasteiger partial charge in [-0.05, 0) is 38.0 Å². The minimum atomic E-state index is -3.29. The average Bonchev–Trinajstić information content (AvgIpc) is 3.27. The first-order valence-corrected chi connectivity index (χ1v) is 15.2. The molecule has 210 valence electrons. The second kappa shape index (κ2) is 12.2. The number of benzene rings is 1. The lowest BCUT2D eigenvalue weighted by atomic mass is 9.95. The molecule has 0 saturated carbocycles. The maximum Gasteiger partial charge on any atom is 0.350 e. The van der Waals surface area contributed by atoms with Crippen LogP contribution in [0.3, 0.4) is 0 Å². The largest absolute Gasteiger partial charge is 0.462 e. The van der Waals surface area contributed by atoms with Crippen LogP contribution in [-0.4, -0.2) is 78.2 Å². The number of hydrogen-bond acceptors (Lipinski definition) is 13. The first-order chi connectivity index (χ1) is 18.6. The van der Waals surface area contributed by atoms with Crippen LogP contribution < -0.4 is 15.5 Å². The van der Waals surface area contributed by atoms with E-state index in [-0.39, 0.29) is 30.0 Å². The van der Waals surface area contributed by atoms with Crippen molar-refractivity contribution in [3.63, 3.8) is 0 Å². The van der Waals surface area contributed by atoms with Gasteiger partial charge in [-0.15, -0.1) is 0 Å². The number of nitrogens with one attached hydrogen (secondary N) is 2. The predicted molar refractivity (Wildman–Crippen MR) is 148 cm³/mol. The number of aliphatic hydroxyl groups is 2. The van der Waals surface area contributed by atoms with E-state index in [0.29, 0.717) is 53.4 Å². The number of aromatic nitrogens is 3. The molecule has 0 amide bonds. The molecule has 12 nitrogen and oxygen atoms in total. The minimum absolute atomic E-state index is 0.141. The second-order valence-corrected chi connectivity index (χ2v) is 12.2. The number of anilines is 4. The third kappa shape index (κ3) is 7.20.